The van der Waals surface area contributed by atoms with Crippen molar-refractivity contribution < 1.29 is 4.39 Å². The maximum absolute atomic E-state index is 13.3. The van der Waals surface area contributed by atoms with E-state index < -0.39 is 0 Å². The molecule has 0 fully saturated rings. The number of halogens is 1. The second kappa shape index (κ2) is 7.14. The highest BCUT2D eigenvalue weighted by Crippen LogP contribution is 2.19. The molecule has 0 bridgehead atoms. The van der Waals surface area contributed by atoms with Crippen molar-refractivity contribution in [3.63, 3.8) is 0 Å². The Kier molecular flexibility index (Phi) is 5.24. The highest BCUT2D eigenvalue weighted by molar-refractivity contribution is 5.88. The molecule has 4 nitrogen and oxygen atoms in total. The van der Waals surface area contributed by atoms with Crippen LogP contribution in [0.1, 0.15) is 20.3 Å². The second-order valence-electron chi connectivity index (χ2n) is 4.69. The highest BCUT2D eigenvalue weighted by Gasteiger charge is 2.05. The van der Waals surface area contributed by atoms with Crippen LogP contribution in [0.2, 0.25) is 0 Å². The maximum Gasteiger partial charge on any atom is 0.137 e. The monoisotopic (exact) mass is 276 g/mol. The Morgan fingerprint density at radius 1 is 1.20 bits per heavy atom. The molecular weight excluding hydrogens is 255 g/mol. The van der Waals surface area contributed by atoms with Crippen LogP contribution in [0.3, 0.4) is 0 Å². The summed E-state index contributed by atoms with van der Waals surface area (Å²) in [5.41, 5.74) is 0.757. The van der Waals surface area contributed by atoms with E-state index in [1.54, 1.807) is 6.07 Å². The lowest BCUT2D eigenvalue weighted by Gasteiger charge is -2.17. The molecule has 2 aromatic rings. The smallest absolute Gasteiger partial charge is 0.137 e. The van der Waals surface area contributed by atoms with Crippen molar-refractivity contribution in [2.75, 3.05) is 31.5 Å². The van der Waals surface area contributed by atoms with E-state index in [2.05, 4.69) is 34.0 Å². The minimum absolute atomic E-state index is 0.265. The maximum atomic E-state index is 13.3. The van der Waals surface area contributed by atoms with Gasteiger partial charge in [-0.3, -0.25) is 0 Å². The predicted molar refractivity (Wildman–Crippen MR) is 80.4 cm³/mol. The number of rotatable bonds is 7. The van der Waals surface area contributed by atoms with Gasteiger partial charge in [0.2, 0.25) is 0 Å². The fourth-order valence-corrected chi connectivity index (χ4v) is 2.22. The van der Waals surface area contributed by atoms with E-state index in [-0.39, 0.29) is 5.82 Å². The summed E-state index contributed by atoms with van der Waals surface area (Å²) >= 11 is 0. The summed E-state index contributed by atoms with van der Waals surface area (Å²) in [4.78, 5) is 10.7. The van der Waals surface area contributed by atoms with Gasteiger partial charge in [-0.15, -0.1) is 0 Å². The number of hydrogen-bond acceptors (Lipinski definition) is 4. The average molecular weight is 276 g/mol. The minimum atomic E-state index is -0.265. The number of benzene rings is 1. The van der Waals surface area contributed by atoms with Gasteiger partial charge in [0.15, 0.2) is 0 Å². The first-order chi connectivity index (χ1) is 9.74. The number of nitrogens with zero attached hydrogens (tertiary/aromatic N) is 3. The fraction of sp³-hybridized carbons (Fsp3) is 0.467. The van der Waals surface area contributed by atoms with Gasteiger partial charge in [0.1, 0.15) is 18.0 Å². The second-order valence-corrected chi connectivity index (χ2v) is 4.69. The van der Waals surface area contributed by atoms with E-state index in [1.165, 1.54) is 18.5 Å². The van der Waals surface area contributed by atoms with Gasteiger partial charge >= 0.3 is 0 Å². The topological polar surface area (TPSA) is 41.0 Å². The third-order valence-corrected chi connectivity index (χ3v) is 3.44. The largest absolute Gasteiger partial charge is 0.369 e. The molecule has 0 unspecified atom stereocenters. The summed E-state index contributed by atoms with van der Waals surface area (Å²) in [5, 5.41) is 4.01. The Hall–Kier alpha value is -1.75. The molecule has 5 heteroatoms. The number of nitrogens with one attached hydrogen (secondary N) is 1. The molecule has 0 aliphatic rings. The first-order valence-corrected chi connectivity index (χ1v) is 7.11. The van der Waals surface area contributed by atoms with Gasteiger partial charge in [-0.2, -0.15) is 0 Å². The van der Waals surface area contributed by atoms with Gasteiger partial charge < -0.3 is 10.2 Å². The van der Waals surface area contributed by atoms with Crippen molar-refractivity contribution in [2.24, 2.45) is 0 Å². The molecule has 0 spiro atoms. The standard InChI is InChI=1S/C15H21FN4/c1-3-20(4-2)9-5-8-17-15-13-10-12(16)6-7-14(13)18-11-19-15/h6-7,10-11H,3-5,8-9H2,1-2H3,(H,17,18,19). The first-order valence-electron chi connectivity index (χ1n) is 7.11. The van der Waals surface area contributed by atoms with Crippen molar-refractivity contribution >= 4 is 16.7 Å². The lowest BCUT2D eigenvalue weighted by atomic mass is 10.2. The molecule has 0 saturated heterocycles. The number of hydrogen-bond donors (Lipinski definition) is 1. The van der Waals surface area contributed by atoms with Crippen molar-refractivity contribution in [2.45, 2.75) is 20.3 Å². The molecule has 20 heavy (non-hydrogen) atoms. The Labute approximate surface area is 119 Å². The van der Waals surface area contributed by atoms with Gasteiger partial charge in [-0.1, -0.05) is 13.8 Å². The van der Waals surface area contributed by atoms with Crippen LogP contribution in [0.25, 0.3) is 10.9 Å². The van der Waals surface area contributed by atoms with Crippen LogP contribution in [0.4, 0.5) is 10.2 Å². The molecule has 0 amide bonds. The van der Waals surface area contributed by atoms with Crippen LogP contribution in [-0.4, -0.2) is 41.0 Å². The van der Waals surface area contributed by atoms with E-state index in [0.717, 1.165) is 43.5 Å². The molecular formula is C15H21FN4. The summed E-state index contributed by atoms with van der Waals surface area (Å²) in [6.07, 6.45) is 2.54. The zero-order valence-electron chi connectivity index (χ0n) is 12.1. The summed E-state index contributed by atoms with van der Waals surface area (Å²) in [5.74, 6) is 0.438. The molecule has 1 heterocycles. The first kappa shape index (κ1) is 14.7. The summed E-state index contributed by atoms with van der Waals surface area (Å²) < 4.78 is 13.3. The number of fused-ring (bicyclic) bond motifs is 1. The molecule has 1 aromatic heterocycles. The SMILES string of the molecule is CCN(CC)CCCNc1ncnc2ccc(F)cc12. The molecule has 1 N–H and O–H groups in total. The zero-order valence-corrected chi connectivity index (χ0v) is 12.1. The van der Waals surface area contributed by atoms with Crippen LogP contribution < -0.4 is 5.32 Å². The fourth-order valence-electron chi connectivity index (χ4n) is 2.22. The van der Waals surface area contributed by atoms with Crippen molar-refractivity contribution in [1.82, 2.24) is 14.9 Å². The predicted octanol–water partition coefficient (Wildman–Crippen LogP) is 2.91. The molecule has 2 rings (SSSR count). The molecule has 0 radical (unpaired) electrons. The molecule has 0 atom stereocenters. The van der Waals surface area contributed by atoms with Crippen molar-refractivity contribution in [1.29, 1.82) is 0 Å². The van der Waals surface area contributed by atoms with Crippen molar-refractivity contribution in [3.05, 3.63) is 30.3 Å². The van der Waals surface area contributed by atoms with Gasteiger partial charge in [0.25, 0.3) is 0 Å². The van der Waals surface area contributed by atoms with Gasteiger partial charge in [-0.25, -0.2) is 14.4 Å². The molecule has 0 aliphatic carbocycles. The van der Waals surface area contributed by atoms with Crippen LogP contribution >= 0.6 is 0 Å². The third kappa shape index (κ3) is 3.63. The number of aromatic nitrogens is 2. The Morgan fingerprint density at radius 3 is 2.75 bits per heavy atom. The van der Waals surface area contributed by atoms with Crippen molar-refractivity contribution in [3.8, 4) is 0 Å². The minimum Gasteiger partial charge on any atom is -0.369 e. The highest BCUT2D eigenvalue weighted by atomic mass is 19.1. The van der Waals surface area contributed by atoms with E-state index >= 15 is 0 Å². The van der Waals surface area contributed by atoms with Crippen LogP contribution in [-0.2, 0) is 0 Å². The van der Waals surface area contributed by atoms with E-state index in [0.29, 0.717) is 5.82 Å². The van der Waals surface area contributed by atoms with E-state index in [4.69, 9.17) is 0 Å². The molecule has 0 saturated carbocycles. The normalized spacial score (nSPS) is 11.2. The molecule has 0 aliphatic heterocycles. The Balaban J connectivity index is 1.98. The Morgan fingerprint density at radius 2 is 2.00 bits per heavy atom. The Bertz CT molecular complexity index is 555. The van der Waals surface area contributed by atoms with Gasteiger partial charge in [0.05, 0.1) is 5.52 Å². The zero-order chi connectivity index (χ0) is 14.4. The van der Waals surface area contributed by atoms with E-state index in [1.807, 2.05) is 0 Å². The van der Waals surface area contributed by atoms with Crippen LogP contribution in [0.5, 0.6) is 0 Å². The number of anilines is 1. The van der Waals surface area contributed by atoms with E-state index in [9.17, 15) is 4.39 Å². The summed E-state index contributed by atoms with van der Waals surface area (Å²) in [6, 6.07) is 4.56. The average Bonchev–Trinajstić information content (AvgIpc) is 2.47. The lowest BCUT2D eigenvalue weighted by Crippen LogP contribution is -2.25. The lowest BCUT2D eigenvalue weighted by molar-refractivity contribution is 0.303. The quantitative estimate of drug-likeness (QED) is 0.789. The summed E-state index contributed by atoms with van der Waals surface area (Å²) in [6.45, 7) is 8.34. The molecule has 108 valence electrons. The molecule has 1 aromatic carbocycles. The van der Waals surface area contributed by atoms with Crippen LogP contribution in [0, 0.1) is 5.82 Å². The van der Waals surface area contributed by atoms with Gasteiger partial charge in [-0.05, 0) is 44.3 Å². The van der Waals surface area contributed by atoms with Crippen LogP contribution in [0.15, 0.2) is 24.5 Å². The van der Waals surface area contributed by atoms with Gasteiger partial charge in [0, 0.05) is 11.9 Å². The summed E-state index contributed by atoms with van der Waals surface area (Å²) in [7, 11) is 0. The third-order valence-electron chi connectivity index (χ3n) is 3.44.